The lowest BCUT2D eigenvalue weighted by atomic mass is 10.1. The van der Waals surface area contributed by atoms with E-state index in [-0.39, 0.29) is 12.1 Å². The molecule has 1 atom stereocenters. The van der Waals surface area contributed by atoms with Crippen molar-refractivity contribution in [3.8, 4) is 5.75 Å². The van der Waals surface area contributed by atoms with Gasteiger partial charge in [-0.2, -0.15) is 0 Å². The lowest BCUT2D eigenvalue weighted by molar-refractivity contribution is 0.0286. The largest absolute Gasteiger partial charge is 0.494 e. The van der Waals surface area contributed by atoms with Gasteiger partial charge in [-0.15, -0.1) is 0 Å². The summed E-state index contributed by atoms with van der Waals surface area (Å²) >= 11 is 0. The Morgan fingerprint density at radius 1 is 0.900 bits per heavy atom. The summed E-state index contributed by atoms with van der Waals surface area (Å²) in [6.07, 6.45) is 12.8. The van der Waals surface area contributed by atoms with Crippen molar-refractivity contribution in [3.63, 3.8) is 0 Å². The van der Waals surface area contributed by atoms with Gasteiger partial charge in [0.2, 0.25) is 0 Å². The molecule has 0 saturated carbocycles. The summed E-state index contributed by atoms with van der Waals surface area (Å²) in [6, 6.07) is 7.74. The fourth-order valence-corrected chi connectivity index (χ4v) is 3.24. The highest BCUT2D eigenvalue weighted by Crippen LogP contribution is 2.24. The first-order chi connectivity index (χ1) is 14.7. The summed E-state index contributed by atoms with van der Waals surface area (Å²) < 4.78 is 11.3. The molecule has 164 valence electrons. The minimum atomic E-state index is -0.390. The monoisotopic (exact) mass is 412 g/mol. The molecular formula is C25H36N2O3. The predicted octanol–water partition coefficient (Wildman–Crippen LogP) is 6.48. The second kappa shape index (κ2) is 13.7. The molecule has 0 saturated heterocycles. The Hall–Kier alpha value is -2.43. The van der Waals surface area contributed by atoms with Gasteiger partial charge in [0.05, 0.1) is 12.2 Å². The molecule has 0 radical (unpaired) electrons. The number of esters is 1. The number of nitrogens with zero attached hydrogens (tertiary/aromatic N) is 2. The summed E-state index contributed by atoms with van der Waals surface area (Å²) in [5.41, 5.74) is 1.35. The maximum Gasteiger partial charge on any atom is 0.341 e. The van der Waals surface area contributed by atoms with Gasteiger partial charge < -0.3 is 9.47 Å². The Kier molecular flexibility index (Phi) is 10.9. The quantitative estimate of drug-likeness (QED) is 0.263. The van der Waals surface area contributed by atoms with Gasteiger partial charge in [-0.3, -0.25) is 0 Å². The van der Waals surface area contributed by atoms with E-state index in [9.17, 15) is 4.79 Å². The maximum atomic E-state index is 12.5. The smallest absolute Gasteiger partial charge is 0.341 e. The normalized spacial score (nSPS) is 11.8. The van der Waals surface area contributed by atoms with Gasteiger partial charge in [0, 0.05) is 18.8 Å². The molecule has 1 heterocycles. The Labute approximate surface area is 181 Å². The van der Waals surface area contributed by atoms with Crippen LogP contribution in [0.15, 0.2) is 36.7 Å². The lowest BCUT2D eigenvalue weighted by Gasteiger charge is -2.17. The molecule has 0 bridgehead atoms. The molecule has 0 aliphatic rings. The average molecular weight is 413 g/mol. The van der Waals surface area contributed by atoms with E-state index in [0.717, 1.165) is 36.4 Å². The molecule has 0 aliphatic carbocycles. The number of benzene rings is 1. The molecule has 1 aromatic heterocycles. The van der Waals surface area contributed by atoms with Gasteiger partial charge >= 0.3 is 5.97 Å². The molecule has 1 aromatic carbocycles. The zero-order valence-corrected chi connectivity index (χ0v) is 18.7. The third-order valence-corrected chi connectivity index (χ3v) is 5.04. The van der Waals surface area contributed by atoms with Crippen LogP contribution >= 0.6 is 0 Å². The van der Waals surface area contributed by atoms with E-state index in [2.05, 4.69) is 23.8 Å². The van der Waals surface area contributed by atoms with Crippen LogP contribution in [0.2, 0.25) is 0 Å². The topological polar surface area (TPSA) is 61.3 Å². The highest BCUT2D eigenvalue weighted by molar-refractivity contribution is 5.88. The van der Waals surface area contributed by atoms with Gasteiger partial charge in [-0.25, -0.2) is 14.8 Å². The highest BCUT2D eigenvalue weighted by Gasteiger charge is 2.17. The van der Waals surface area contributed by atoms with E-state index in [1.54, 1.807) is 12.4 Å². The van der Waals surface area contributed by atoms with Crippen LogP contribution in [0.25, 0.3) is 0 Å². The number of carbonyl (C=O) groups is 1. The van der Waals surface area contributed by atoms with Crippen LogP contribution < -0.4 is 4.74 Å². The first-order valence-electron chi connectivity index (χ1n) is 11.4. The van der Waals surface area contributed by atoms with E-state index in [1.807, 2.05) is 31.2 Å². The first kappa shape index (κ1) is 23.8. The fourth-order valence-electron chi connectivity index (χ4n) is 3.24. The van der Waals surface area contributed by atoms with Crippen molar-refractivity contribution >= 4 is 5.97 Å². The second-order valence-corrected chi connectivity index (χ2v) is 7.63. The van der Waals surface area contributed by atoms with Gasteiger partial charge in [-0.1, -0.05) is 65.0 Å². The van der Waals surface area contributed by atoms with Crippen molar-refractivity contribution in [1.82, 2.24) is 9.97 Å². The number of rotatable bonds is 14. The van der Waals surface area contributed by atoms with Crippen molar-refractivity contribution in [2.24, 2.45) is 0 Å². The molecular weight excluding hydrogens is 376 g/mol. The van der Waals surface area contributed by atoms with Crippen molar-refractivity contribution in [2.75, 3.05) is 6.61 Å². The van der Waals surface area contributed by atoms with Crippen molar-refractivity contribution in [3.05, 3.63) is 53.6 Å². The third kappa shape index (κ3) is 8.13. The summed E-state index contributed by atoms with van der Waals surface area (Å²) in [6.45, 7) is 6.99. The minimum Gasteiger partial charge on any atom is -0.494 e. The molecule has 2 rings (SSSR count). The van der Waals surface area contributed by atoms with Crippen molar-refractivity contribution < 1.29 is 14.3 Å². The number of carbonyl (C=O) groups excluding carboxylic acids is 1. The third-order valence-electron chi connectivity index (χ3n) is 5.04. The summed E-state index contributed by atoms with van der Waals surface area (Å²) in [5.74, 6) is 1.23. The molecule has 0 spiro atoms. The molecule has 30 heavy (non-hydrogen) atoms. The van der Waals surface area contributed by atoms with Gasteiger partial charge in [0.25, 0.3) is 0 Å². The number of unbranched alkanes of at least 4 members (excludes halogenated alkanes) is 5. The van der Waals surface area contributed by atoms with Crippen LogP contribution in [0.4, 0.5) is 0 Å². The molecule has 0 fully saturated rings. The second-order valence-electron chi connectivity index (χ2n) is 7.63. The van der Waals surface area contributed by atoms with E-state index < -0.39 is 0 Å². The number of aromatic nitrogens is 2. The number of ether oxygens (including phenoxy) is 2. The summed E-state index contributed by atoms with van der Waals surface area (Å²) in [7, 11) is 0. The van der Waals surface area contributed by atoms with Crippen LogP contribution in [0.1, 0.15) is 100.0 Å². The van der Waals surface area contributed by atoms with E-state index in [1.165, 1.54) is 32.1 Å². The van der Waals surface area contributed by atoms with E-state index in [4.69, 9.17) is 9.47 Å². The Bertz CT molecular complexity index is 729. The molecule has 0 amide bonds. The number of hydrogen-bond acceptors (Lipinski definition) is 5. The molecule has 1 unspecified atom stereocenters. The zero-order chi connectivity index (χ0) is 21.6. The molecule has 5 heteroatoms. The summed E-state index contributed by atoms with van der Waals surface area (Å²) in [5, 5.41) is 0. The summed E-state index contributed by atoms with van der Waals surface area (Å²) in [4.78, 5) is 21.2. The lowest BCUT2D eigenvalue weighted by Crippen LogP contribution is -2.12. The number of aryl methyl sites for hydroxylation is 1. The predicted molar refractivity (Wildman–Crippen MR) is 120 cm³/mol. The van der Waals surface area contributed by atoms with Crippen molar-refractivity contribution in [2.45, 2.75) is 84.7 Å². The van der Waals surface area contributed by atoms with Crippen LogP contribution in [0.5, 0.6) is 5.75 Å². The molecule has 2 aromatic rings. The molecule has 5 nitrogen and oxygen atoms in total. The fraction of sp³-hybridized carbons (Fsp3) is 0.560. The minimum absolute atomic E-state index is 0.305. The Morgan fingerprint density at radius 2 is 1.57 bits per heavy atom. The SMILES string of the molecule is CCCCCCCCc1ncc(C(=O)OC(CC)c2ccc(OCCC)cc2)cn1. The van der Waals surface area contributed by atoms with E-state index in [0.29, 0.717) is 18.6 Å². The van der Waals surface area contributed by atoms with Gasteiger partial charge in [0.15, 0.2) is 0 Å². The Morgan fingerprint density at radius 3 is 2.20 bits per heavy atom. The van der Waals surface area contributed by atoms with Crippen molar-refractivity contribution in [1.29, 1.82) is 0 Å². The van der Waals surface area contributed by atoms with Gasteiger partial charge in [0.1, 0.15) is 17.7 Å². The zero-order valence-electron chi connectivity index (χ0n) is 18.7. The van der Waals surface area contributed by atoms with Crippen LogP contribution in [0, 0.1) is 0 Å². The standard InChI is InChI=1S/C25H36N2O3/c1-4-7-8-9-10-11-12-24-26-18-21(19-27-24)25(28)30-23(6-3)20-13-15-22(16-14-20)29-17-5-2/h13-16,18-19,23H,4-12,17H2,1-3H3. The molecule has 0 N–H and O–H groups in total. The average Bonchev–Trinajstić information content (AvgIpc) is 2.79. The number of hydrogen-bond donors (Lipinski definition) is 0. The van der Waals surface area contributed by atoms with Crippen LogP contribution in [-0.2, 0) is 11.2 Å². The molecule has 0 aliphatic heterocycles. The van der Waals surface area contributed by atoms with Crippen LogP contribution in [-0.4, -0.2) is 22.5 Å². The Balaban J connectivity index is 1.84. The van der Waals surface area contributed by atoms with Gasteiger partial charge in [-0.05, 0) is 37.0 Å². The maximum absolute atomic E-state index is 12.5. The van der Waals surface area contributed by atoms with E-state index >= 15 is 0 Å². The first-order valence-corrected chi connectivity index (χ1v) is 11.4. The van der Waals surface area contributed by atoms with Crippen LogP contribution in [0.3, 0.4) is 0 Å². The highest BCUT2D eigenvalue weighted by atomic mass is 16.5.